The zero-order valence-electron chi connectivity index (χ0n) is 32.9. The Morgan fingerprint density at radius 1 is 0.897 bits per heavy atom. The van der Waals surface area contributed by atoms with Gasteiger partial charge in [0.2, 0.25) is 11.8 Å². The average Bonchev–Trinajstić information content (AvgIpc) is 3.76. The molecule has 0 spiro atoms. The van der Waals surface area contributed by atoms with Crippen molar-refractivity contribution < 1.29 is 28.0 Å². The van der Waals surface area contributed by atoms with Crippen LogP contribution in [0.3, 0.4) is 0 Å². The minimum Gasteiger partial charge on any atom is -0.339 e. The summed E-state index contributed by atoms with van der Waals surface area (Å²) in [5.41, 5.74) is 1.78. The molecule has 1 atom stereocenters. The topological polar surface area (TPSA) is 151 Å². The van der Waals surface area contributed by atoms with E-state index in [4.69, 9.17) is 11.6 Å². The Morgan fingerprint density at radius 2 is 1.57 bits per heavy atom. The molecule has 1 aliphatic heterocycles. The third kappa shape index (κ3) is 9.24. The van der Waals surface area contributed by atoms with Gasteiger partial charge in [0.1, 0.15) is 6.54 Å². The van der Waals surface area contributed by atoms with Crippen LogP contribution in [0.5, 0.6) is 0 Å². The number of benzene rings is 2. The maximum atomic E-state index is 15.7. The number of hydrogen-bond donors (Lipinski definition) is 2. The fourth-order valence-electron chi connectivity index (χ4n) is 6.90. The van der Waals surface area contributed by atoms with Crippen molar-refractivity contribution in [1.82, 2.24) is 39.0 Å². The van der Waals surface area contributed by atoms with Gasteiger partial charge in [0.25, 0.3) is 11.8 Å². The number of rotatable bonds is 13. The van der Waals surface area contributed by atoms with Crippen molar-refractivity contribution in [1.29, 1.82) is 0 Å². The van der Waals surface area contributed by atoms with Crippen LogP contribution in [0.15, 0.2) is 67.3 Å². The number of hydrogen-bond acceptors (Lipinski definition) is 8. The Bertz CT molecular complexity index is 2320. The van der Waals surface area contributed by atoms with E-state index in [0.717, 1.165) is 19.4 Å². The molecule has 17 heteroatoms. The molecular weight excluding hydrogens is 770 g/mol. The summed E-state index contributed by atoms with van der Waals surface area (Å²) in [6.07, 6.45) is 7.37. The molecule has 6 rings (SSSR count). The first-order valence-corrected chi connectivity index (χ1v) is 19.2. The van der Waals surface area contributed by atoms with Crippen molar-refractivity contribution >= 4 is 46.6 Å². The average molecular weight is 815 g/mol. The van der Waals surface area contributed by atoms with Crippen LogP contribution in [0, 0.1) is 24.5 Å². The summed E-state index contributed by atoms with van der Waals surface area (Å²) in [5.74, 6) is -3.60. The van der Waals surface area contributed by atoms with Gasteiger partial charge in [0.05, 0.1) is 28.2 Å². The summed E-state index contributed by atoms with van der Waals surface area (Å²) in [4.78, 5) is 66.1. The highest BCUT2D eigenvalue weighted by molar-refractivity contribution is 6.34. The number of nitrogens with one attached hydrogen (secondary N) is 2. The van der Waals surface area contributed by atoms with Crippen LogP contribution < -0.4 is 10.6 Å². The minimum absolute atomic E-state index is 0.0490. The summed E-state index contributed by atoms with van der Waals surface area (Å²) in [6, 6.07) is 10.6. The van der Waals surface area contributed by atoms with Gasteiger partial charge in [-0.25, -0.2) is 13.8 Å². The maximum absolute atomic E-state index is 15.7. The van der Waals surface area contributed by atoms with E-state index in [0.29, 0.717) is 48.8 Å². The summed E-state index contributed by atoms with van der Waals surface area (Å²) >= 11 is 6.55. The molecule has 58 heavy (non-hydrogen) atoms. The first-order valence-electron chi connectivity index (χ1n) is 18.8. The summed E-state index contributed by atoms with van der Waals surface area (Å²) in [5, 5.41) is 9.87. The predicted octanol–water partition coefficient (Wildman–Crippen LogP) is 5.74. The number of imidazole rings is 1. The van der Waals surface area contributed by atoms with E-state index in [9.17, 15) is 19.2 Å². The van der Waals surface area contributed by atoms with Crippen LogP contribution in [-0.2, 0) is 23.2 Å². The lowest BCUT2D eigenvalue weighted by Crippen LogP contribution is -2.52. The number of nitrogens with zero attached hydrogens (tertiary/aromatic N) is 8. The number of halogens is 3. The van der Waals surface area contributed by atoms with Gasteiger partial charge in [-0.2, -0.15) is 5.10 Å². The first kappa shape index (κ1) is 41.6. The van der Waals surface area contributed by atoms with E-state index in [1.165, 1.54) is 53.0 Å². The molecule has 4 heterocycles. The van der Waals surface area contributed by atoms with Gasteiger partial charge in [0.15, 0.2) is 17.5 Å². The molecule has 0 bridgehead atoms. The number of aromatic nitrogens is 5. The number of amides is 4. The van der Waals surface area contributed by atoms with Crippen molar-refractivity contribution in [2.24, 2.45) is 13.0 Å². The van der Waals surface area contributed by atoms with Crippen LogP contribution in [0.4, 0.5) is 20.2 Å². The number of aryl methyl sites for hydroxylation is 1. The zero-order valence-corrected chi connectivity index (χ0v) is 33.7. The molecule has 3 aromatic heterocycles. The molecule has 0 saturated carbocycles. The lowest BCUT2D eigenvalue weighted by atomic mass is 10.00. The Morgan fingerprint density at radius 3 is 2.24 bits per heavy atom. The number of carbonyl (C=O) groups excluding carboxylic acids is 4. The van der Waals surface area contributed by atoms with Crippen molar-refractivity contribution in [2.45, 2.75) is 33.2 Å². The molecule has 1 unspecified atom stereocenters. The quantitative estimate of drug-likeness (QED) is 0.153. The Labute approximate surface area is 339 Å². The Hall–Kier alpha value is -6.00. The van der Waals surface area contributed by atoms with E-state index >= 15 is 8.78 Å². The smallest absolute Gasteiger partial charge is 0.291 e. The third-order valence-electron chi connectivity index (χ3n) is 10.2. The molecule has 0 aliphatic carbocycles. The SMILES string of the molecule is CCC(CCN(C)C)C(=O)N1CCN(C(=O)c2ccc(NC(=O)c3ncc(-c4ccc(-c5cn(CC(=O)Nc6ccncc6)nc5C)c(F)c4F)n3C)cc2Cl)CC1. The second kappa shape index (κ2) is 18.1. The van der Waals surface area contributed by atoms with Crippen LogP contribution in [0.1, 0.15) is 46.4 Å². The van der Waals surface area contributed by atoms with Gasteiger partial charge < -0.3 is 29.9 Å². The highest BCUT2D eigenvalue weighted by Crippen LogP contribution is 2.33. The number of carbonyl (C=O) groups is 4. The van der Waals surface area contributed by atoms with Crippen LogP contribution >= 0.6 is 11.6 Å². The fraction of sp³-hybridized carbons (Fsp3) is 0.341. The van der Waals surface area contributed by atoms with Crippen molar-refractivity contribution in [2.75, 3.05) is 57.5 Å². The van der Waals surface area contributed by atoms with E-state index in [2.05, 4.69) is 30.6 Å². The summed E-state index contributed by atoms with van der Waals surface area (Å²) in [6.45, 7) is 5.93. The highest BCUT2D eigenvalue weighted by atomic mass is 35.5. The number of piperazine rings is 1. The monoisotopic (exact) mass is 814 g/mol. The maximum Gasteiger partial charge on any atom is 0.291 e. The largest absolute Gasteiger partial charge is 0.339 e. The lowest BCUT2D eigenvalue weighted by molar-refractivity contribution is -0.137. The van der Waals surface area contributed by atoms with Crippen LogP contribution in [0.25, 0.3) is 22.4 Å². The van der Waals surface area contributed by atoms with Crippen LogP contribution in [0.2, 0.25) is 5.02 Å². The normalized spacial score (nSPS) is 13.5. The lowest BCUT2D eigenvalue weighted by Gasteiger charge is -2.36. The molecule has 4 amide bonds. The Balaban J connectivity index is 1.08. The number of pyridine rings is 1. The summed E-state index contributed by atoms with van der Waals surface area (Å²) < 4.78 is 34.1. The van der Waals surface area contributed by atoms with Crippen molar-refractivity contribution in [3.63, 3.8) is 0 Å². The van der Waals surface area contributed by atoms with E-state index in [1.807, 2.05) is 25.9 Å². The van der Waals surface area contributed by atoms with Gasteiger partial charge in [-0.15, -0.1) is 0 Å². The molecule has 1 saturated heterocycles. The minimum atomic E-state index is -1.15. The predicted molar refractivity (Wildman–Crippen MR) is 216 cm³/mol. The molecule has 0 radical (unpaired) electrons. The van der Waals surface area contributed by atoms with E-state index < -0.39 is 17.5 Å². The molecule has 2 aromatic carbocycles. The number of anilines is 2. The molecule has 1 aliphatic rings. The van der Waals surface area contributed by atoms with Crippen LogP contribution in [-0.4, -0.2) is 109 Å². The van der Waals surface area contributed by atoms with Gasteiger partial charge in [-0.3, -0.25) is 28.8 Å². The van der Waals surface area contributed by atoms with Gasteiger partial charge in [-0.05, 0) is 76.8 Å². The second-order valence-electron chi connectivity index (χ2n) is 14.4. The summed E-state index contributed by atoms with van der Waals surface area (Å²) in [7, 11) is 5.47. The molecule has 1 fully saturated rings. The van der Waals surface area contributed by atoms with E-state index in [1.54, 1.807) is 42.4 Å². The fourth-order valence-corrected chi connectivity index (χ4v) is 7.16. The van der Waals surface area contributed by atoms with Crippen molar-refractivity contribution in [3.05, 3.63) is 101 Å². The molecule has 14 nitrogen and oxygen atoms in total. The zero-order chi connectivity index (χ0) is 41.7. The Kier molecular flexibility index (Phi) is 13.0. The third-order valence-corrected chi connectivity index (χ3v) is 10.5. The molecule has 5 aromatic rings. The molecule has 2 N–H and O–H groups in total. The van der Waals surface area contributed by atoms with Crippen molar-refractivity contribution in [3.8, 4) is 22.4 Å². The molecular formula is C41H45ClF2N10O4. The van der Waals surface area contributed by atoms with E-state index in [-0.39, 0.29) is 63.4 Å². The first-order chi connectivity index (χ1) is 27.7. The second-order valence-corrected chi connectivity index (χ2v) is 14.8. The standard InChI is InChI=1S/C41H45ClF2N10O4/c1-6-26(13-16-50(3)4)40(57)52-17-19-53(20-18-52)41(58)30-8-7-28(21-33(30)42)48-39(56)38-46-22-34(51(38)5)31-10-9-29(36(43)37(31)44)32-23-54(49-25(32)2)24-35(55)47-27-11-14-45-15-12-27/h7-12,14-15,21-23,26H,6,13,16-20,24H2,1-5H3,(H,48,56)(H,45,47,55). The highest BCUT2D eigenvalue weighted by Gasteiger charge is 2.30. The van der Waals surface area contributed by atoms with Gasteiger partial charge in [-0.1, -0.05) is 24.6 Å². The molecule has 304 valence electrons. The van der Waals surface area contributed by atoms with Gasteiger partial charge >= 0.3 is 0 Å². The van der Waals surface area contributed by atoms with Gasteiger partial charge in [0, 0.05) is 85.8 Å².